The first-order valence-electron chi connectivity index (χ1n) is 8.20. The van der Waals surface area contributed by atoms with Crippen molar-refractivity contribution < 1.29 is 38.1 Å². The molecule has 0 fully saturated rings. The fourth-order valence-electron chi connectivity index (χ4n) is 3.31. The topological polar surface area (TPSA) is 108 Å². The normalized spacial score (nSPS) is 18.6. The van der Waals surface area contributed by atoms with Crippen LogP contribution in [-0.4, -0.2) is 63.3 Å². The average Bonchev–Trinajstić information content (AvgIpc) is 2.69. The van der Waals surface area contributed by atoms with Gasteiger partial charge in [0.2, 0.25) is 0 Å². The zero-order chi connectivity index (χ0) is 21.2. The van der Waals surface area contributed by atoms with Crippen molar-refractivity contribution in [3.63, 3.8) is 0 Å². The molecule has 0 aliphatic carbocycles. The maximum atomic E-state index is 12.6. The number of hydrogen-bond donors (Lipinski definition) is 0. The number of allylic oxidation sites excluding steroid dienone is 2. The van der Waals surface area contributed by atoms with E-state index in [2.05, 4.69) is 0 Å². The van der Waals surface area contributed by atoms with Crippen molar-refractivity contribution >= 4 is 23.9 Å². The summed E-state index contributed by atoms with van der Waals surface area (Å²) in [7, 11) is 4.47. The second kappa shape index (κ2) is 8.12. The highest BCUT2D eigenvalue weighted by atomic mass is 16.5. The molecular weight excluding hydrogens is 370 g/mol. The van der Waals surface area contributed by atoms with Crippen LogP contribution in [0.4, 0.5) is 0 Å². The molecule has 0 saturated heterocycles. The van der Waals surface area contributed by atoms with Gasteiger partial charge in [-0.3, -0.25) is 0 Å². The molecule has 0 amide bonds. The summed E-state index contributed by atoms with van der Waals surface area (Å²) in [5, 5.41) is 0. The second-order valence-electron chi connectivity index (χ2n) is 6.05. The average molecular weight is 391 g/mol. The van der Waals surface area contributed by atoms with E-state index in [4.69, 9.17) is 18.9 Å². The van der Waals surface area contributed by atoms with Crippen molar-refractivity contribution in [3.05, 3.63) is 45.8 Å². The Balaban J connectivity index is 3.03. The lowest BCUT2D eigenvalue weighted by atomic mass is 9.83. The molecule has 2 aliphatic heterocycles. The fraction of sp³-hybridized carbons (Fsp3) is 0.368. The molecule has 28 heavy (non-hydrogen) atoms. The van der Waals surface area contributed by atoms with Gasteiger partial charge >= 0.3 is 23.9 Å². The fourth-order valence-corrected chi connectivity index (χ4v) is 3.31. The smallest absolute Gasteiger partial charge is 0.355 e. The molecule has 9 heteroatoms. The number of methoxy groups -OCH3 is 4. The molecule has 150 valence electrons. The molecule has 0 spiro atoms. The summed E-state index contributed by atoms with van der Waals surface area (Å²) < 4.78 is 19.2. The van der Waals surface area contributed by atoms with Crippen molar-refractivity contribution in [2.45, 2.75) is 19.9 Å². The number of fused-ring (bicyclic) bond motifs is 1. The van der Waals surface area contributed by atoms with Crippen LogP contribution < -0.4 is 0 Å². The molecule has 1 atom stereocenters. The summed E-state index contributed by atoms with van der Waals surface area (Å²) in [5.74, 6) is -3.71. The molecule has 0 aromatic heterocycles. The summed E-state index contributed by atoms with van der Waals surface area (Å²) in [6, 6.07) is -0.868. The van der Waals surface area contributed by atoms with Gasteiger partial charge in [0.05, 0.1) is 45.6 Å². The lowest BCUT2D eigenvalue weighted by Gasteiger charge is -2.40. The standard InChI is InChI=1S/C19H21NO8/c1-9-7-10(2)14-12(17(22)26-4)11(16(21)25-3)13(18(23)27-5)15(19(24)28-6)20(14)8-9/h7-8,14H,1-6H3/t14-/m0/s1. The minimum atomic E-state index is -1.00. The van der Waals surface area contributed by atoms with Crippen molar-refractivity contribution in [2.24, 2.45) is 0 Å². The zero-order valence-corrected chi connectivity index (χ0v) is 16.4. The molecule has 0 N–H and O–H groups in total. The third-order valence-electron chi connectivity index (χ3n) is 4.36. The number of rotatable bonds is 4. The Labute approximate surface area is 161 Å². The van der Waals surface area contributed by atoms with Gasteiger partial charge < -0.3 is 23.8 Å². The van der Waals surface area contributed by atoms with Crippen molar-refractivity contribution in [3.8, 4) is 0 Å². The number of esters is 4. The first-order chi connectivity index (χ1) is 13.2. The zero-order valence-electron chi connectivity index (χ0n) is 16.4. The molecule has 0 radical (unpaired) electrons. The van der Waals surface area contributed by atoms with E-state index in [9.17, 15) is 19.2 Å². The number of nitrogens with zero attached hydrogens (tertiary/aromatic N) is 1. The van der Waals surface area contributed by atoms with E-state index < -0.39 is 41.1 Å². The Hall–Kier alpha value is -3.36. The third kappa shape index (κ3) is 3.30. The molecule has 0 aromatic rings. The van der Waals surface area contributed by atoms with Gasteiger partial charge in [0.1, 0.15) is 11.3 Å². The predicted molar refractivity (Wildman–Crippen MR) is 95.3 cm³/mol. The molecule has 2 aliphatic rings. The second-order valence-corrected chi connectivity index (χ2v) is 6.05. The predicted octanol–water partition coefficient (Wildman–Crippen LogP) is 0.777. The first-order valence-corrected chi connectivity index (χ1v) is 8.20. The van der Waals surface area contributed by atoms with Crippen LogP contribution in [0, 0.1) is 0 Å². The quantitative estimate of drug-likeness (QED) is 0.507. The van der Waals surface area contributed by atoms with Gasteiger partial charge in [-0.15, -0.1) is 0 Å². The van der Waals surface area contributed by atoms with Crippen molar-refractivity contribution in [2.75, 3.05) is 28.4 Å². The Kier molecular flexibility index (Phi) is 6.07. The van der Waals surface area contributed by atoms with Crippen molar-refractivity contribution in [1.82, 2.24) is 4.90 Å². The van der Waals surface area contributed by atoms with Crippen LogP contribution in [0.15, 0.2) is 45.8 Å². The molecule has 2 heterocycles. The minimum absolute atomic E-state index is 0.139. The lowest BCUT2D eigenvalue weighted by Crippen LogP contribution is -2.46. The van der Waals surface area contributed by atoms with Gasteiger partial charge in [-0.2, -0.15) is 0 Å². The maximum Gasteiger partial charge on any atom is 0.355 e. The summed E-state index contributed by atoms with van der Waals surface area (Å²) in [6.07, 6.45) is 3.36. The van der Waals surface area contributed by atoms with E-state index in [1.807, 2.05) is 0 Å². The summed E-state index contributed by atoms with van der Waals surface area (Å²) >= 11 is 0. The highest BCUT2D eigenvalue weighted by Crippen LogP contribution is 2.40. The van der Waals surface area contributed by atoms with Crippen LogP contribution >= 0.6 is 0 Å². The molecule has 9 nitrogen and oxygen atoms in total. The molecule has 0 aromatic carbocycles. The van der Waals surface area contributed by atoms with Gasteiger partial charge in [-0.05, 0) is 25.0 Å². The van der Waals surface area contributed by atoms with Gasteiger partial charge in [-0.25, -0.2) is 19.2 Å². The van der Waals surface area contributed by atoms with Gasteiger partial charge in [0.25, 0.3) is 0 Å². The number of ether oxygens (including phenoxy) is 4. The largest absolute Gasteiger partial charge is 0.466 e. The summed E-state index contributed by atoms with van der Waals surface area (Å²) in [4.78, 5) is 51.8. The van der Waals surface area contributed by atoms with E-state index >= 15 is 0 Å². The number of carbonyl (C=O) groups excluding carboxylic acids is 4. The van der Waals surface area contributed by atoms with E-state index in [0.29, 0.717) is 5.57 Å². The Morgan fingerprint density at radius 3 is 1.79 bits per heavy atom. The Bertz CT molecular complexity index is 874. The minimum Gasteiger partial charge on any atom is -0.466 e. The molecule has 0 unspecified atom stereocenters. The van der Waals surface area contributed by atoms with Crippen LogP contribution in [0.25, 0.3) is 0 Å². The number of hydrogen-bond acceptors (Lipinski definition) is 9. The summed E-state index contributed by atoms with van der Waals surface area (Å²) in [6.45, 7) is 3.51. The van der Waals surface area contributed by atoms with E-state index in [1.165, 1.54) is 4.90 Å². The van der Waals surface area contributed by atoms with Crippen LogP contribution in [0.1, 0.15) is 13.8 Å². The van der Waals surface area contributed by atoms with E-state index in [0.717, 1.165) is 34.0 Å². The molecule has 2 rings (SSSR count). The van der Waals surface area contributed by atoms with Crippen LogP contribution in [-0.2, 0) is 38.1 Å². The van der Waals surface area contributed by atoms with Crippen LogP contribution in [0.2, 0.25) is 0 Å². The SMILES string of the molecule is COC(=O)C1=C(C(=O)OC)[C@@H]2C(C)=CC(C)=CN2C(C(=O)OC)=C1C(=O)OC. The highest BCUT2D eigenvalue weighted by molar-refractivity contribution is 6.17. The van der Waals surface area contributed by atoms with E-state index in [-0.39, 0.29) is 11.3 Å². The van der Waals surface area contributed by atoms with Gasteiger partial charge in [-0.1, -0.05) is 6.08 Å². The van der Waals surface area contributed by atoms with Crippen LogP contribution in [0.5, 0.6) is 0 Å². The van der Waals surface area contributed by atoms with Gasteiger partial charge in [0, 0.05) is 6.20 Å². The Morgan fingerprint density at radius 1 is 0.786 bits per heavy atom. The highest BCUT2D eigenvalue weighted by Gasteiger charge is 2.47. The molecular formula is C19H21NO8. The Morgan fingerprint density at radius 2 is 1.29 bits per heavy atom. The first kappa shape index (κ1) is 20.9. The lowest BCUT2D eigenvalue weighted by molar-refractivity contribution is -0.143. The monoisotopic (exact) mass is 391 g/mol. The third-order valence-corrected chi connectivity index (χ3v) is 4.36. The number of carbonyl (C=O) groups is 4. The molecule has 0 bridgehead atoms. The van der Waals surface area contributed by atoms with Gasteiger partial charge in [0.15, 0.2) is 0 Å². The molecule has 0 saturated carbocycles. The van der Waals surface area contributed by atoms with Crippen molar-refractivity contribution in [1.29, 1.82) is 0 Å². The summed E-state index contributed by atoms with van der Waals surface area (Å²) in [5.41, 5.74) is 0.191. The maximum absolute atomic E-state index is 12.6. The van der Waals surface area contributed by atoms with Crippen LogP contribution in [0.3, 0.4) is 0 Å². The van der Waals surface area contributed by atoms with E-state index in [1.54, 1.807) is 26.1 Å².